The number of phenolic OH excluding ortho intramolecular Hbond substituents is 4. The van der Waals surface area contributed by atoms with E-state index in [0.717, 1.165) is 35.1 Å². The standard InChI is InChI=1S/C17H20O2.C16H18O2/c1-11-9-13(5-7-15(11)18)17(3,4)14-6-8-16(19)12(2)10-14;1-2-3-16(12-4-8-14(17)9-5-12)13-6-10-15(18)11-7-13/h5-10,18-19H,1-4H3;4-11,16-18H,2-3H2,1H3. The summed E-state index contributed by atoms with van der Waals surface area (Å²) in [4.78, 5) is 0. The predicted octanol–water partition coefficient (Wildman–Crippen LogP) is 8.07. The second-order valence-electron chi connectivity index (χ2n) is 10.2. The van der Waals surface area contributed by atoms with Crippen LogP contribution in [0.4, 0.5) is 0 Å². The maximum absolute atomic E-state index is 9.63. The number of benzene rings is 4. The van der Waals surface area contributed by atoms with Crippen molar-refractivity contribution in [2.75, 3.05) is 0 Å². The Morgan fingerprint density at radius 2 is 0.973 bits per heavy atom. The van der Waals surface area contributed by atoms with E-state index in [-0.39, 0.29) is 5.41 Å². The largest absolute Gasteiger partial charge is 0.508 e. The highest BCUT2D eigenvalue weighted by molar-refractivity contribution is 5.46. The molecule has 0 unspecified atom stereocenters. The third-order valence-corrected chi connectivity index (χ3v) is 7.01. The summed E-state index contributed by atoms with van der Waals surface area (Å²) in [6.45, 7) is 10.2. The Hall–Kier alpha value is -3.92. The Kier molecular flexibility index (Phi) is 8.88. The summed E-state index contributed by atoms with van der Waals surface area (Å²) in [6.07, 6.45) is 2.14. The number of hydrogen-bond acceptors (Lipinski definition) is 4. The second-order valence-corrected chi connectivity index (χ2v) is 10.2. The Morgan fingerprint density at radius 1 is 0.595 bits per heavy atom. The molecule has 0 saturated heterocycles. The maximum atomic E-state index is 9.63. The van der Waals surface area contributed by atoms with E-state index in [2.05, 4.69) is 20.8 Å². The maximum Gasteiger partial charge on any atom is 0.118 e. The second kappa shape index (κ2) is 11.9. The van der Waals surface area contributed by atoms with Gasteiger partial charge in [0.1, 0.15) is 23.0 Å². The third kappa shape index (κ3) is 6.85. The van der Waals surface area contributed by atoms with Crippen molar-refractivity contribution in [1.82, 2.24) is 0 Å². The molecule has 4 aromatic carbocycles. The zero-order valence-electron chi connectivity index (χ0n) is 22.4. The van der Waals surface area contributed by atoms with Crippen LogP contribution >= 0.6 is 0 Å². The number of aryl methyl sites for hydroxylation is 2. The van der Waals surface area contributed by atoms with Gasteiger partial charge in [0.25, 0.3) is 0 Å². The van der Waals surface area contributed by atoms with Crippen LogP contribution in [0, 0.1) is 13.8 Å². The summed E-state index contributed by atoms with van der Waals surface area (Å²) in [7, 11) is 0. The molecule has 4 aromatic rings. The van der Waals surface area contributed by atoms with Crippen molar-refractivity contribution in [3.05, 3.63) is 118 Å². The van der Waals surface area contributed by atoms with Gasteiger partial charge in [0, 0.05) is 11.3 Å². The molecule has 0 spiro atoms. The molecule has 4 heteroatoms. The molecular formula is C33H38O4. The zero-order valence-corrected chi connectivity index (χ0v) is 22.4. The van der Waals surface area contributed by atoms with Crippen molar-refractivity contribution in [3.8, 4) is 23.0 Å². The van der Waals surface area contributed by atoms with E-state index in [0.29, 0.717) is 28.9 Å². The van der Waals surface area contributed by atoms with E-state index in [1.54, 1.807) is 36.4 Å². The van der Waals surface area contributed by atoms with Gasteiger partial charge in [-0.1, -0.05) is 75.7 Å². The molecule has 0 heterocycles. The smallest absolute Gasteiger partial charge is 0.118 e. The van der Waals surface area contributed by atoms with Gasteiger partial charge >= 0.3 is 0 Å². The van der Waals surface area contributed by atoms with Crippen molar-refractivity contribution < 1.29 is 20.4 Å². The predicted molar refractivity (Wildman–Crippen MR) is 151 cm³/mol. The summed E-state index contributed by atoms with van der Waals surface area (Å²) in [5.74, 6) is 1.54. The molecule has 194 valence electrons. The first-order valence-electron chi connectivity index (χ1n) is 12.7. The molecule has 0 aromatic heterocycles. The summed E-state index contributed by atoms with van der Waals surface area (Å²) in [5.41, 5.74) is 6.26. The molecule has 0 aliphatic carbocycles. The van der Waals surface area contributed by atoms with Crippen LogP contribution in [-0.4, -0.2) is 20.4 Å². The summed E-state index contributed by atoms with van der Waals surface area (Å²) in [6, 6.07) is 26.1. The van der Waals surface area contributed by atoms with E-state index in [1.165, 1.54) is 11.1 Å². The minimum Gasteiger partial charge on any atom is -0.508 e. The van der Waals surface area contributed by atoms with Gasteiger partial charge in [-0.15, -0.1) is 0 Å². The van der Waals surface area contributed by atoms with Gasteiger partial charge in [0.15, 0.2) is 0 Å². The van der Waals surface area contributed by atoms with Crippen molar-refractivity contribution in [3.63, 3.8) is 0 Å². The highest BCUT2D eigenvalue weighted by atomic mass is 16.3. The molecule has 4 nitrogen and oxygen atoms in total. The molecule has 0 aliphatic rings. The molecule has 0 saturated carbocycles. The van der Waals surface area contributed by atoms with Crippen LogP contribution in [0.5, 0.6) is 23.0 Å². The van der Waals surface area contributed by atoms with E-state index in [4.69, 9.17) is 0 Å². The average molecular weight is 499 g/mol. The zero-order chi connectivity index (χ0) is 27.2. The van der Waals surface area contributed by atoms with Crippen LogP contribution < -0.4 is 0 Å². The van der Waals surface area contributed by atoms with Crippen LogP contribution in [0.25, 0.3) is 0 Å². The van der Waals surface area contributed by atoms with Crippen LogP contribution in [0.2, 0.25) is 0 Å². The number of rotatable bonds is 6. The van der Waals surface area contributed by atoms with Gasteiger partial charge in [0.2, 0.25) is 0 Å². The van der Waals surface area contributed by atoms with Gasteiger partial charge in [-0.05, 0) is 90.0 Å². The van der Waals surface area contributed by atoms with Gasteiger partial charge < -0.3 is 20.4 Å². The van der Waals surface area contributed by atoms with Crippen molar-refractivity contribution in [2.24, 2.45) is 0 Å². The van der Waals surface area contributed by atoms with Gasteiger partial charge in [-0.3, -0.25) is 0 Å². The van der Waals surface area contributed by atoms with E-state index in [1.807, 2.05) is 62.4 Å². The number of phenols is 4. The van der Waals surface area contributed by atoms with Crippen LogP contribution in [0.15, 0.2) is 84.9 Å². The fraction of sp³-hybridized carbons (Fsp3) is 0.273. The molecule has 4 rings (SSSR count). The Morgan fingerprint density at radius 3 is 1.30 bits per heavy atom. The van der Waals surface area contributed by atoms with E-state index >= 15 is 0 Å². The van der Waals surface area contributed by atoms with Crippen molar-refractivity contribution >= 4 is 0 Å². The molecule has 37 heavy (non-hydrogen) atoms. The fourth-order valence-electron chi connectivity index (χ4n) is 4.48. The summed E-state index contributed by atoms with van der Waals surface area (Å²) < 4.78 is 0. The first kappa shape index (κ1) is 27.7. The highest BCUT2D eigenvalue weighted by Gasteiger charge is 2.24. The van der Waals surface area contributed by atoms with Crippen LogP contribution in [0.3, 0.4) is 0 Å². The highest BCUT2D eigenvalue weighted by Crippen LogP contribution is 2.35. The number of aromatic hydroxyl groups is 4. The molecule has 0 atom stereocenters. The molecule has 0 aliphatic heterocycles. The normalized spacial score (nSPS) is 11.2. The lowest BCUT2D eigenvalue weighted by atomic mass is 9.77. The van der Waals surface area contributed by atoms with E-state index < -0.39 is 0 Å². The van der Waals surface area contributed by atoms with Crippen molar-refractivity contribution in [1.29, 1.82) is 0 Å². The molecular weight excluding hydrogens is 460 g/mol. The first-order valence-corrected chi connectivity index (χ1v) is 12.7. The minimum atomic E-state index is -0.170. The molecule has 0 radical (unpaired) electrons. The molecule has 0 bridgehead atoms. The topological polar surface area (TPSA) is 80.9 Å². The SMILES string of the molecule is CCCC(c1ccc(O)cc1)c1ccc(O)cc1.Cc1cc(C(C)(C)c2ccc(O)c(C)c2)ccc1O. The first-order chi connectivity index (χ1) is 17.5. The van der Waals surface area contributed by atoms with Crippen molar-refractivity contribution in [2.45, 2.75) is 58.8 Å². The lowest BCUT2D eigenvalue weighted by Crippen LogP contribution is -2.19. The number of hydrogen-bond donors (Lipinski definition) is 4. The lowest BCUT2D eigenvalue weighted by molar-refractivity contribution is 0.469. The van der Waals surface area contributed by atoms with Gasteiger partial charge in [0.05, 0.1) is 0 Å². The average Bonchev–Trinajstić information content (AvgIpc) is 2.87. The van der Waals surface area contributed by atoms with E-state index in [9.17, 15) is 20.4 Å². The third-order valence-electron chi connectivity index (χ3n) is 7.01. The Balaban J connectivity index is 0.000000206. The molecule has 0 amide bonds. The lowest BCUT2D eigenvalue weighted by Gasteiger charge is -2.27. The Bertz CT molecular complexity index is 1210. The minimum absolute atomic E-state index is 0.170. The summed E-state index contributed by atoms with van der Waals surface area (Å²) in [5, 5.41) is 37.9. The van der Waals surface area contributed by atoms with Gasteiger partial charge in [-0.2, -0.15) is 0 Å². The van der Waals surface area contributed by atoms with Crippen LogP contribution in [-0.2, 0) is 5.41 Å². The molecule has 4 N–H and O–H groups in total. The molecule has 0 fully saturated rings. The quantitative estimate of drug-likeness (QED) is 0.217. The fourth-order valence-corrected chi connectivity index (χ4v) is 4.48. The Labute approximate surface area is 220 Å². The van der Waals surface area contributed by atoms with Crippen LogP contribution in [0.1, 0.15) is 72.9 Å². The monoisotopic (exact) mass is 498 g/mol. The summed E-state index contributed by atoms with van der Waals surface area (Å²) >= 11 is 0. The van der Waals surface area contributed by atoms with Gasteiger partial charge in [-0.25, -0.2) is 0 Å².